The molecule has 0 saturated carbocycles. The normalized spacial score (nSPS) is 10.6. The van der Waals surface area contributed by atoms with E-state index in [4.69, 9.17) is 0 Å². The van der Waals surface area contributed by atoms with Crippen molar-refractivity contribution < 1.29 is 14.3 Å². The quantitative estimate of drug-likeness (QED) is 0.754. The van der Waals surface area contributed by atoms with Gasteiger partial charge in [0.2, 0.25) is 0 Å². The van der Waals surface area contributed by atoms with Crippen molar-refractivity contribution in [1.82, 2.24) is 5.32 Å². The third-order valence-electron chi connectivity index (χ3n) is 2.74. The lowest BCUT2D eigenvalue weighted by Crippen LogP contribution is -2.23. The van der Waals surface area contributed by atoms with Crippen molar-refractivity contribution in [2.45, 2.75) is 6.92 Å². The SMILES string of the molecule is Cc1ccc(NC(=O)N/C=C/c2cccc(F)c2)c(O)c1. The predicted molar refractivity (Wildman–Crippen MR) is 80.4 cm³/mol. The van der Waals surface area contributed by atoms with Crippen LogP contribution in [0.2, 0.25) is 0 Å². The van der Waals surface area contributed by atoms with Crippen LogP contribution in [0.3, 0.4) is 0 Å². The van der Waals surface area contributed by atoms with Crippen molar-refractivity contribution in [3.05, 3.63) is 65.6 Å². The number of anilines is 1. The first kappa shape index (κ1) is 14.6. The highest BCUT2D eigenvalue weighted by Gasteiger charge is 2.04. The van der Waals surface area contributed by atoms with Crippen molar-refractivity contribution in [3.8, 4) is 5.75 Å². The highest BCUT2D eigenvalue weighted by molar-refractivity contribution is 5.91. The summed E-state index contributed by atoms with van der Waals surface area (Å²) in [5.41, 5.74) is 1.84. The summed E-state index contributed by atoms with van der Waals surface area (Å²) in [6, 6.07) is 10.4. The summed E-state index contributed by atoms with van der Waals surface area (Å²) in [4.78, 5) is 11.6. The number of nitrogens with one attached hydrogen (secondary N) is 2. The summed E-state index contributed by atoms with van der Waals surface area (Å²) >= 11 is 0. The van der Waals surface area contributed by atoms with Gasteiger partial charge in [-0.1, -0.05) is 18.2 Å². The molecule has 0 fully saturated rings. The maximum Gasteiger partial charge on any atom is 0.323 e. The number of aryl methyl sites for hydroxylation is 1. The number of carbonyl (C=O) groups excluding carboxylic acids is 1. The van der Waals surface area contributed by atoms with Crippen LogP contribution in [0.5, 0.6) is 5.75 Å². The van der Waals surface area contributed by atoms with Crippen molar-refractivity contribution >= 4 is 17.8 Å². The van der Waals surface area contributed by atoms with Gasteiger partial charge in [0, 0.05) is 6.20 Å². The van der Waals surface area contributed by atoms with Gasteiger partial charge in [-0.25, -0.2) is 9.18 Å². The number of phenolic OH excluding ortho intramolecular Hbond substituents is 1. The molecule has 0 saturated heterocycles. The van der Waals surface area contributed by atoms with E-state index in [0.29, 0.717) is 11.3 Å². The molecule has 0 bridgehead atoms. The van der Waals surface area contributed by atoms with Crippen LogP contribution in [0.25, 0.3) is 6.08 Å². The van der Waals surface area contributed by atoms with Crippen molar-refractivity contribution in [3.63, 3.8) is 0 Å². The maximum absolute atomic E-state index is 13.0. The molecule has 0 aliphatic carbocycles. The zero-order chi connectivity index (χ0) is 15.2. The first-order valence-corrected chi connectivity index (χ1v) is 6.34. The molecular formula is C16H15FN2O2. The van der Waals surface area contributed by atoms with Crippen LogP contribution in [-0.2, 0) is 0 Å². The number of aromatic hydroxyl groups is 1. The van der Waals surface area contributed by atoms with E-state index in [2.05, 4.69) is 10.6 Å². The van der Waals surface area contributed by atoms with Gasteiger partial charge in [0.05, 0.1) is 5.69 Å². The van der Waals surface area contributed by atoms with E-state index in [-0.39, 0.29) is 11.6 Å². The molecule has 4 nitrogen and oxygen atoms in total. The Hall–Kier alpha value is -2.82. The summed E-state index contributed by atoms with van der Waals surface area (Å²) < 4.78 is 13.0. The third kappa shape index (κ3) is 4.35. The number of rotatable bonds is 3. The predicted octanol–water partition coefficient (Wildman–Crippen LogP) is 3.63. The van der Waals surface area contributed by atoms with E-state index < -0.39 is 6.03 Å². The number of carbonyl (C=O) groups is 1. The van der Waals surface area contributed by atoms with Gasteiger partial charge < -0.3 is 15.7 Å². The lowest BCUT2D eigenvalue weighted by molar-refractivity contribution is 0.255. The molecule has 0 spiro atoms. The van der Waals surface area contributed by atoms with Gasteiger partial charge in [0.1, 0.15) is 11.6 Å². The Morgan fingerprint density at radius 3 is 2.76 bits per heavy atom. The van der Waals surface area contributed by atoms with Crippen LogP contribution in [0.15, 0.2) is 48.7 Å². The van der Waals surface area contributed by atoms with Crippen LogP contribution in [0, 0.1) is 12.7 Å². The molecule has 108 valence electrons. The number of urea groups is 1. The van der Waals surface area contributed by atoms with Gasteiger partial charge in [-0.15, -0.1) is 0 Å². The Labute approximate surface area is 121 Å². The fourth-order valence-corrected chi connectivity index (χ4v) is 1.73. The van der Waals surface area contributed by atoms with Crippen molar-refractivity contribution in [1.29, 1.82) is 0 Å². The Kier molecular flexibility index (Phi) is 4.56. The maximum atomic E-state index is 13.0. The van der Waals surface area contributed by atoms with E-state index in [1.165, 1.54) is 18.3 Å². The van der Waals surface area contributed by atoms with E-state index in [9.17, 15) is 14.3 Å². The van der Waals surface area contributed by atoms with Gasteiger partial charge in [0.15, 0.2) is 0 Å². The van der Waals surface area contributed by atoms with Gasteiger partial charge in [0.25, 0.3) is 0 Å². The smallest absolute Gasteiger partial charge is 0.323 e. The first-order valence-electron chi connectivity index (χ1n) is 6.34. The molecule has 3 N–H and O–H groups in total. The molecule has 0 atom stereocenters. The summed E-state index contributed by atoms with van der Waals surface area (Å²) in [5.74, 6) is -0.342. The summed E-state index contributed by atoms with van der Waals surface area (Å²) in [6.45, 7) is 1.84. The molecule has 0 aliphatic heterocycles. The molecular weight excluding hydrogens is 271 g/mol. The van der Waals surface area contributed by atoms with E-state index >= 15 is 0 Å². The highest BCUT2D eigenvalue weighted by atomic mass is 19.1. The standard InChI is InChI=1S/C16H15FN2O2/c1-11-5-6-14(15(20)9-11)19-16(21)18-8-7-12-3-2-4-13(17)10-12/h2-10,20H,1H3,(H2,18,19,21)/b8-7+. The Morgan fingerprint density at radius 1 is 1.24 bits per heavy atom. The zero-order valence-electron chi connectivity index (χ0n) is 11.4. The van der Waals surface area contributed by atoms with Crippen molar-refractivity contribution in [2.75, 3.05) is 5.32 Å². The molecule has 21 heavy (non-hydrogen) atoms. The Bertz CT molecular complexity index is 684. The molecule has 2 amide bonds. The highest BCUT2D eigenvalue weighted by Crippen LogP contribution is 2.23. The Balaban J connectivity index is 1.93. The number of benzene rings is 2. The second-order valence-electron chi connectivity index (χ2n) is 4.51. The zero-order valence-corrected chi connectivity index (χ0v) is 11.4. The molecule has 2 rings (SSSR count). The number of phenols is 1. The molecule has 0 aliphatic rings. The second-order valence-corrected chi connectivity index (χ2v) is 4.51. The number of hydrogen-bond donors (Lipinski definition) is 3. The van der Waals surface area contributed by atoms with Gasteiger partial charge in [-0.3, -0.25) is 0 Å². The van der Waals surface area contributed by atoms with Gasteiger partial charge >= 0.3 is 6.03 Å². The van der Waals surface area contributed by atoms with Crippen LogP contribution < -0.4 is 10.6 Å². The monoisotopic (exact) mass is 286 g/mol. The van der Waals surface area contributed by atoms with Crippen LogP contribution in [0.1, 0.15) is 11.1 Å². The Morgan fingerprint density at radius 2 is 2.05 bits per heavy atom. The number of halogens is 1. The van der Waals surface area contributed by atoms with Crippen molar-refractivity contribution in [2.24, 2.45) is 0 Å². The molecule has 5 heteroatoms. The minimum Gasteiger partial charge on any atom is -0.506 e. The van der Waals surface area contributed by atoms with Crippen LogP contribution in [-0.4, -0.2) is 11.1 Å². The first-order chi connectivity index (χ1) is 10.0. The second kappa shape index (κ2) is 6.56. The molecule has 0 aromatic heterocycles. The third-order valence-corrected chi connectivity index (χ3v) is 2.74. The largest absolute Gasteiger partial charge is 0.506 e. The van der Waals surface area contributed by atoms with E-state index in [1.54, 1.807) is 36.4 Å². The van der Waals surface area contributed by atoms with E-state index in [0.717, 1.165) is 5.56 Å². The van der Waals surface area contributed by atoms with Crippen LogP contribution in [0.4, 0.5) is 14.9 Å². The molecule has 2 aromatic carbocycles. The fourth-order valence-electron chi connectivity index (χ4n) is 1.73. The van der Waals surface area contributed by atoms with Gasteiger partial charge in [-0.2, -0.15) is 0 Å². The number of amides is 2. The van der Waals surface area contributed by atoms with Crippen LogP contribution >= 0.6 is 0 Å². The summed E-state index contributed by atoms with van der Waals surface area (Å²) in [6.07, 6.45) is 2.97. The summed E-state index contributed by atoms with van der Waals surface area (Å²) in [5, 5.41) is 14.7. The molecule has 0 heterocycles. The average Bonchev–Trinajstić information content (AvgIpc) is 2.42. The minimum atomic E-state index is -0.498. The molecule has 0 unspecified atom stereocenters. The van der Waals surface area contributed by atoms with E-state index in [1.807, 2.05) is 6.92 Å². The fraction of sp³-hybridized carbons (Fsp3) is 0.0625. The average molecular weight is 286 g/mol. The summed E-state index contributed by atoms with van der Waals surface area (Å²) in [7, 11) is 0. The lowest BCUT2D eigenvalue weighted by atomic mass is 10.2. The molecule has 0 radical (unpaired) electrons. The number of hydrogen-bond acceptors (Lipinski definition) is 2. The minimum absolute atomic E-state index is 0.000685. The topological polar surface area (TPSA) is 61.4 Å². The van der Waals surface area contributed by atoms with Gasteiger partial charge in [-0.05, 0) is 48.4 Å². The lowest BCUT2D eigenvalue weighted by Gasteiger charge is -2.07. The molecule has 2 aromatic rings.